The van der Waals surface area contributed by atoms with E-state index < -0.39 is 0 Å². The number of nitrogens with one attached hydrogen (secondary N) is 1. The van der Waals surface area contributed by atoms with Gasteiger partial charge in [-0.05, 0) is 43.2 Å². The first kappa shape index (κ1) is 14.6. The summed E-state index contributed by atoms with van der Waals surface area (Å²) < 4.78 is 0. The van der Waals surface area contributed by atoms with Gasteiger partial charge in [0.1, 0.15) is 17.0 Å². The highest BCUT2D eigenvalue weighted by Crippen LogP contribution is 2.40. The van der Waals surface area contributed by atoms with Gasteiger partial charge in [0.25, 0.3) is 0 Å². The molecule has 0 unspecified atom stereocenters. The molecule has 0 bridgehead atoms. The number of aromatic nitrogens is 2. The van der Waals surface area contributed by atoms with Crippen LogP contribution in [0.4, 0.5) is 5.82 Å². The van der Waals surface area contributed by atoms with Crippen LogP contribution < -0.4 is 5.32 Å². The van der Waals surface area contributed by atoms with Gasteiger partial charge in [-0.3, -0.25) is 0 Å². The average Bonchev–Trinajstić information content (AvgIpc) is 2.94. The van der Waals surface area contributed by atoms with E-state index in [4.69, 9.17) is 0 Å². The largest absolute Gasteiger partial charge is 0.363 e. The smallest absolute Gasteiger partial charge is 0.138 e. The summed E-state index contributed by atoms with van der Waals surface area (Å²) in [5.74, 6) is 1.77. The first-order valence-corrected chi connectivity index (χ1v) is 9.10. The Hall–Kier alpha value is -1.94. The minimum absolute atomic E-state index is 0.229. The van der Waals surface area contributed by atoms with Crippen LogP contribution in [0.25, 0.3) is 10.2 Å². The molecule has 1 aromatic carbocycles. The van der Waals surface area contributed by atoms with E-state index in [1.165, 1.54) is 34.2 Å². The summed E-state index contributed by atoms with van der Waals surface area (Å²) >= 11 is 1.85. The van der Waals surface area contributed by atoms with E-state index in [1.807, 2.05) is 11.3 Å². The Kier molecular flexibility index (Phi) is 3.77. The van der Waals surface area contributed by atoms with Gasteiger partial charge in [0.05, 0.1) is 5.39 Å². The van der Waals surface area contributed by atoms with E-state index in [2.05, 4.69) is 59.5 Å². The fourth-order valence-electron chi connectivity index (χ4n) is 3.41. The lowest BCUT2D eigenvalue weighted by atomic mass is 9.89. The summed E-state index contributed by atoms with van der Waals surface area (Å²) in [6, 6.07) is 10.7. The normalized spacial score (nSPS) is 18.6. The Bertz CT molecular complexity index is 825. The number of nitrogens with zero attached hydrogens (tertiary/aromatic N) is 2. The maximum atomic E-state index is 4.56. The van der Waals surface area contributed by atoms with Gasteiger partial charge < -0.3 is 5.32 Å². The molecule has 0 saturated heterocycles. The van der Waals surface area contributed by atoms with Crippen LogP contribution in [-0.2, 0) is 12.8 Å². The lowest BCUT2D eigenvalue weighted by Gasteiger charge is -2.19. The van der Waals surface area contributed by atoms with Gasteiger partial charge in [0.2, 0.25) is 0 Å². The SMILES string of the molecule is C[C@@H]1CCc2c(sc3ncnc(N[C@@H](C)c4ccccc4)c23)C1. The van der Waals surface area contributed by atoms with Crippen LogP contribution in [-0.4, -0.2) is 9.97 Å². The molecule has 0 saturated carbocycles. The highest BCUT2D eigenvalue weighted by atomic mass is 32.1. The molecule has 23 heavy (non-hydrogen) atoms. The summed E-state index contributed by atoms with van der Waals surface area (Å²) in [6.07, 6.45) is 5.29. The van der Waals surface area contributed by atoms with E-state index in [-0.39, 0.29) is 6.04 Å². The van der Waals surface area contributed by atoms with Crippen molar-refractivity contribution in [2.75, 3.05) is 5.32 Å². The van der Waals surface area contributed by atoms with Gasteiger partial charge in [-0.1, -0.05) is 37.3 Å². The number of hydrogen-bond donors (Lipinski definition) is 1. The molecule has 2 aromatic heterocycles. The molecule has 3 aromatic rings. The van der Waals surface area contributed by atoms with Gasteiger partial charge in [0, 0.05) is 10.9 Å². The number of aryl methyl sites for hydroxylation is 1. The fourth-order valence-corrected chi connectivity index (χ4v) is 4.77. The van der Waals surface area contributed by atoms with Gasteiger partial charge in [0.15, 0.2) is 0 Å². The van der Waals surface area contributed by atoms with Crippen LogP contribution >= 0.6 is 11.3 Å². The summed E-state index contributed by atoms with van der Waals surface area (Å²) in [6.45, 7) is 4.53. The molecule has 1 N–H and O–H groups in total. The van der Waals surface area contributed by atoms with Crippen molar-refractivity contribution in [3.8, 4) is 0 Å². The van der Waals surface area contributed by atoms with Crippen molar-refractivity contribution in [1.29, 1.82) is 0 Å². The maximum Gasteiger partial charge on any atom is 0.138 e. The molecule has 0 amide bonds. The summed E-state index contributed by atoms with van der Waals surface area (Å²) in [5, 5.41) is 4.86. The zero-order valence-corrected chi connectivity index (χ0v) is 14.4. The van der Waals surface area contributed by atoms with Crippen LogP contribution in [0, 0.1) is 5.92 Å². The standard InChI is InChI=1S/C19H21N3S/c1-12-8-9-15-16(10-12)23-19-17(15)18(20-11-21-19)22-13(2)14-6-4-3-5-7-14/h3-7,11-13H,8-10H2,1-2H3,(H,20,21,22)/t12-,13+/m1/s1. The molecule has 0 spiro atoms. The molecular formula is C19H21N3S. The van der Waals surface area contributed by atoms with Gasteiger partial charge in [-0.25, -0.2) is 9.97 Å². The second-order valence-corrected chi connectivity index (χ2v) is 7.61. The fraction of sp³-hybridized carbons (Fsp3) is 0.368. The Morgan fingerprint density at radius 3 is 2.87 bits per heavy atom. The molecule has 1 aliphatic rings. The number of fused-ring (bicyclic) bond motifs is 3. The second-order valence-electron chi connectivity index (χ2n) is 6.53. The van der Waals surface area contributed by atoms with Crippen molar-refractivity contribution >= 4 is 27.4 Å². The third-order valence-electron chi connectivity index (χ3n) is 4.74. The lowest BCUT2D eigenvalue weighted by Crippen LogP contribution is -2.11. The Morgan fingerprint density at radius 2 is 2.04 bits per heavy atom. The number of rotatable bonds is 3. The molecule has 2 heterocycles. The van der Waals surface area contributed by atoms with Crippen LogP contribution in [0.5, 0.6) is 0 Å². The van der Waals surface area contributed by atoms with Crippen LogP contribution in [0.3, 0.4) is 0 Å². The Balaban J connectivity index is 1.73. The number of anilines is 1. The summed E-state index contributed by atoms with van der Waals surface area (Å²) in [5.41, 5.74) is 2.75. The van der Waals surface area contributed by atoms with Crippen molar-refractivity contribution in [2.45, 2.75) is 39.2 Å². The minimum atomic E-state index is 0.229. The van der Waals surface area contributed by atoms with Crippen LogP contribution in [0.2, 0.25) is 0 Å². The van der Waals surface area contributed by atoms with Crippen molar-refractivity contribution in [1.82, 2.24) is 9.97 Å². The molecule has 0 fully saturated rings. The van der Waals surface area contributed by atoms with E-state index >= 15 is 0 Å². The number of thiophene rings is 1. The van der Waals surface area contributed by atoms with Gasteiger partial charge in [-0.15, -0.1) is 11.3 Å². The topological polar surface area (TPSA) is 37.8 Å². The van der Waals surface area contributed by atoms with Gasteiger partial charge in [-0.2, -0.15) is 0 Å². The first-order valence-electron chi connectivity index (χ1n) is 8.29. The van der Waals surface area contributed by atoms with E-state index in [1.54, 1.807) is 6.33 Å². The lowest BCUT2D eigenvalue weighted by molar-refractivity contribution is 0.509. The zero-order valence-electron chi connectivity index (χ0n) is 13.5. The summed E-state index contributed by atoms with van der Waals surface area (Å²) in [4.78, 5) is 11.7. The van der Waals surface area contributed by atoms with Crippen molar-refractivity contribution in [3.05, 3.63) is 52.7 Å². The Morgan fingerprint density at radius 1 is 1.22 bits per heavy atom. The van der Waals surface area contributed by atoms with Crippen molar-refractivity contribution in [3.63, 3.8) is 0 Å². The molecule has 1 aliphatic carbocycles. The van der Waals surface area contributed by atoms with Crippen LogP contribution in [0.15, 0.2) is 36.7 Å². The molecule has 4 rings (SSSR count). The second kappa shape index (κ2) is 5.93. The molecule has 4 heteroatoms. The van der Waals surface area contributed by atoms with Crippen molar-refractivity contribution in [2.24, 2.45) is 5.92 Å². The predicted molar refractivity (Wildman–Crippen MR) is 97.1 cm³/mol. The quantitative estimate of drug-likeness (QED) is 0.738. The van der Waals surface area contributed by atoms with Crippen LogP contribution in [0.1, 0.15) is 42.3 Å². The first-order chi connectivity index (χ1) is 11.2. The molecule has 2 atom stereocenters. The third-order valence-corrected chi connectivity index (χ3v) is 5.91. The molecule has 0 radical (unpaired) electrons. The van der Waals surface area contributed by atoms with E-state index in [9.17, 15) is 0 Å². The van der Waals surface area contributed by atoms with Crippen molar-refractivity contribution < 1.29 is 0 Å². The maximum absolute atomic E-state index is 4.56. The third kappa shape index (κ3) is 2.72. The molecule has 0 aliphatic heterocycles. The monoisotopic (exact) mass is 323 g/mol. The number of benzene rings is 1. The predicted octanol–water partition coefficient (Wildman–Crippen LogP) is 4.99. The molecular weight excluding hydrogens is 302 g/mol. The van der Waals surface area contributed by atoms with E-state index in [0.717, 1.165) is 23.0 Å². The molecule has 118 valence electrons. The number of hydrogen-bond acceptors (Lipinski definition) is 4. The highest BCUT2D eigenvalue weighted by molar-refractivity contribution is 7.19. The van der Waals surface area contributed by atoms with E-state index in [0.29, 0.717) is 0 Å². The zero-order chi connectivity index (χ0) is 15.8. The Labute approximate surface area is 140 Å². The minimum Gasteiger partial charge on any atom is -0.363 e. The molecule has 3 nitrogen and oxygen atoms in total. The van der Waals surface area contributed by atoms with Gasteiger partial charge >= 0.3 is 0 Å². The average molecular weight is 323 g/mol. The summed E-state index contributed by atoms with van der Waals surface area (Å²) in [7, 11) is 0. The highest BCUT2D eigenvalue weighted by Gasteiger charge is 2.23.